The Balaban J connectivity index is 1.88. The summed E-state index contributed by atoms with van der Waals surface area (Å²) in [5, 5.41) is 5.84. The number of halogens is 1. The first-order valence-corrected chi connectivity index (χ1v) is 11.5. The molecule has 0 fully saturated rings. The number of sulfonamides is 1. The molecular weight excluding hydrogens is 401 g/mol. The van der Waals surface area contributed by atoms with Crippen LogP contribution in [-0.2, 0) is 21.2 Å². The van der Waals surface area contributed by atoms with Gasteiger partial charge in [-0.1, -0.05) is 26.0 Å². The number of thiazole rings is 1. The third-order valence-electron chi connectivity index (χ3n) is 4.14. The molecule has 9 heteroatoms. The summed E-state index contributed by atoms with van der Waals surface area (Å²) >= 11 is 1.62. The van der Waals surface area contributed by atoms with Gasteiger partial charge < -0.3 is 5.32 Å². The minimum Gasteiger partial charge on any atom is -0.355 e. The van der Waals surface area contributed by atoms with Crippen molar-refractivity contribution >= 4 is 27.3 Å². The molecule has 0 aliphatic rings. The van der Waals surface area contributed by atoms with Gasteiger partial charge in [-0.2, -0.15) is 4.72 Å². The van der Waals surface area contributed by atoms with Crippen LogP contribution in [0.2, 0.25) is 0 Å². The lowest BCUT2D eigenvalue weighted by molar-refractivity contribution is -0.123. The minimum absolute atomic E-state index is 0.292. The predicted molar refractivity (Wildman–Crippen MR) is 108 cm³/mol. The normalized spacial score (nSPS) is 12.9. The predicted octanol–water partition coefficient (Wildman–Crippen LogP) is 3.03. The molecule has 0 bridgehead atoms. The largest absolute Gasteiger partial charge is 0.355 e. The number of rotatable bonds is 10. The molecule has 2 aromatic rings. The zero-order valence-corrected chi connectivity index (χ0v) is 17.9. The molecule has 0 saturated carbocycles. The van der Waals surface area contributed by atoms with Crippen molar-refractivity contribution in [3.05, 3.63) is 46.2 Å². The van der Waals surface area contributed by atoms with E-state index in [1.165, 1.54) is 18.2 Å². The summed E-state index contributed by atoms with van der Waals surface area (Å²) < 4.78 is 41.1. The van der Waals surface area contributed by atoms with Gasteiger partial charge >= 0.3 is 0 Å². The zero-order valence-electron chi connectivity index (χ0n) is 16.2. The Morgan fingerprint density at radius 2 is 1.96 bits per heavy atom. The summed E-state index contributed by atoms with van der Waals surface area (Å²) in [5.74, 6) is -1.56. The van der Waals surface area contributed by atoms with E-state index in [1.54, 1.807) is 25.2 Å². The third kappa shape index (κ3) is 6.35. The second-order valence-electron chi connectivity index (χ2n) is 6.90. The quantitative estimate of drug-likeness (QED) is 0.571. The van der Waals surface area contributed by atoms with E-state index in [4.69, 9.17) is 0 Å². The van der Waals surface area contributed by atoms with Crippen LogP contribution in [0.3, 0.4) is 0 Å². The van der Waals surface area contributed by atoms with Crippen molar-refractivity contribution in [2.24, 2.45) is 5.92 Å². The molecule has 1 heterocycles. The van der Waals surface area contributed by atoms with Crippen LogP contribution < -0.4 is 10.0 Å². The Labute approximate surface area is 169 Å². The number of hydrogen-bond donors (Lipinski definition) is 2. The van der Waals surface area contributed by atoms with Crippen molar-refractivity contribution in [1.29, 1.82) is 0 Å². The van der Waals surface area contributed by atoms with E-state index in [1.807, 2.05) is 12.3 Å². The number of aryl methyl sites for hydroxylation is 2. The van der Waals surface area contributed by atoms with Crippen LogP contribution >= 0.6 is 11.3 Å². The van der Waals surface area contributed by atoms with E-state index in [-0.39, 0.29) is 5.92 Å². The smallest absolute Gasteiger partial charge is 0.244 e. The summed E-state index contributed by atoms with van der Waals surface area (Å²) in [6.45, 7) is 5.86. The van der Waals surface area contributed by atoms with Gasteiger partial charge in [-0.15, -0.1) is 11.3 Å². The standard InChI is InChI=1S/C19H26FN3O3S2/c1-13(2)18(23-28(25,26)16-9-5-4-8-15(16)20)19(24)21-11-7-6-10-17-22-14(3)12-27-17/h4-5,8-9,12-13,18,23H,6-7,10-11H2,1-3H3,(H,21,24)/t18-/m0/s1. The molecule has 0 saturated heterocycles. The van der Waals surface area contributed by atoms with Crippen molar-refractivity contribution in [1.82, 2.24) is 15.0 Å². The molecule has 6 nitrogen and oxygen atoms in total. The number of aromatic nitrogens is 1. The highest BCUT2D eigenvalue weighted by atomic mass is 32.2. The number of nitrogens with zero attached hydrogens (tertiary/aromatic N) is 1. The molecule has 0 spiro atoms. The highest BCUT2D eigenvalue weighted by Gasteiger charge is 2.29. The van der Waals surface area contributed by atoms with Crippen LogP contribution in [-0.4, -0.2) is 31.9 Å². The second-order valence-corrected chi connectivity index (χ2v) is 9.53. The van der Waals surface area contributed by atoms with Crippen molar-refractivity contribution in [2.45, 2.75) is 51.0 Å². The number of amides is 1. The summed E-state index contributed by atoms with van der Waals surface area (Å²) in [5.41, 5.74) is 1.01. The maximum Gasteiger partial charge on any atom is 0.244 e. The summed E-state index contributed by atoms with van der Waals surface area (Å²) in [4.78, 5) is 16.4. The number of carbonyl (C=O) groups excluding carboxylic acids is 1. The molecule has 2 N–H and O–H groups in total. The van der Waals surface area contributed by atoms with E-state index in [0.717, 1.165) is 36.0 Å². The average Bonchev–Trinajstić information content (AvgIpc) is 3.04. The molecule has 1 aromatic heterocycles. The molecule has 2 rings (SSSR count). The Morgan fingerprint density at radius 1 is 1.25 bits per heavy atom. The topological polar surface area (TPSA) is 88.2 Å². The first kappa shape index (κ1) is 22.4. The Hall–Kier alpha value is -1.84. The first-order valence-electron chi connectivity index (χ1n) is 9.16. The lowest BCUT2D eigenvalue weighted by atomic mass is 10.1. The number of unbranched alkanes of at least 4 members (excludes halogenated alkanes) is 1. The first-order chi connectivity index (χ1) is 13.2. The van der Waals surface area contributed by atoms with Gasteiger partial charge in [0.2, 0.25) is 15.9 Å². The number of nitrogens with one attached hydrogen (secondary N) is 2. The summed E-state index contributed by atoms with van der Waals surface area (Å²) in [6.07, 6.45) is 2.48. The fourth-order valence-corrected chi connectivity index (χ4v) is 4.87. The molecule has 28 heavy (non-hydrogen) atoms. The van der Waals surface area contributed by atoms with Crippen LogP contribution in [0.15, 0.2) is 34.5 Å². The van der Waals surface area contributed by atoms with Crippen molar-refractivity contribution < 1.29 is 17.6 Å². The Morgan fingerprint density at radius 3 is 2.57 bits per heavy atom. The summed E-state index contributed by atoms with van der Waals surface area (Å²) in [6, 6.07) is 4.11. The van der Waals surface area contributed by atoms with Gasteiger partial charge in [0.05, 0.1) is 5.01 Å². The van der Waals surface area contributed by atoms with E-state index >= 15 is 0 Å². The molecule has 0 aliphatic carbocycles. The fourth-order valence-electron chi connectivity index (χ4n) is 2.63. The van der Waals surface area contributed by atoms with E-state index in [9.17, 15) is 17.6 Å². The highest BCUT2D eigenvalue weighted by Crippen LogP contribution is 2.16. The lowest BCUT2D eigenvalue weighted by Crippen LogP contribution is -2.49. The van der Waals surface area contributed by atoms with Gasteiger partial charge in [0, 0.05) is 17.6 Å². The van der Waals surface area contributed by atoms with Gasteiger partial charge in [-0.25, -0.2) is 17.8 Å². The van der Waals surface area contributed by atoms with E-state index in [0.29, 0.717) is 6.54 Å². The van der Waals surface area contributed by atoms with Crippen molar-refractivity contribution in [3.63, 3.8) is 0 Å². The number of benzene rings is 1. The molecule has 0 unspecified atom stereocenters. The van der Waals surface area contributed by atoms with Gasteiger partial charge in [-0.3, -0.25) is 4.79 Å². The van der Waals surface area contributed by atoms with Crippen LogP contribution in [0.4, 0.5) is 4.39 Å². The fraction of sp³-hybridized carbons (Fsp3) is 0.474. The molecular formula is C19H26FN3O3S2. The van der Waals surface area contributed by atoms with Crippen LogP contribution in [0.25, 0.3) is 0 Å². The highest BCUT2D eigenvalue weighted by molar-refractivity contribution is 7.89. The van der Waals surface area contributed by atoms with E-state index < -0.39 is 32.7 Å². The molecule has 154 valence electrons. The van der Waals surface area contributed by atoms with E-state index in [2.05, 4.69) is 15.0 Å². The van der Waals surface area contributed by atoms with Crippen LogP contribution in [0.5, 0.6) is 0 Å². The molecule has 0 radical (unpaired) electrons. The Kier molecular flexibility index (Phi) is 8.09. The maximum absolute atomic E-state index is 13.8. The maximum atomic E-state index is 13.8. The third-order valence-corrected chi connectivity index (χ3v) is 6.64. The SMILES string of the molecule is Cc1csc(CCCCNC(=O)[C@@H](NS(=O)(=O)c2ccccc2F)C(C)C)n1. The molecule has 0 aliphatic heterocycles. The second kappa shape index (κ2) is 10.1. The molecule has 1 aromatic carbocycles. The van der Waals surface area contributed by atoms with Gasteiger partial charge in [-0.05, 0) is 44.2 Å². The Bertz CT molecular complexity index is 897. The average molecular weight is 428 g/mol. The number of hydrogen-bond acceptors (Lipinski definition) is 5. The van der Waals surface area contributed by atoms with Crippen molar-refractivity contribution in [3.8, 4) is 0 Å². The monoisotopic (exact) mass is 427 g/mol. The minimum atomic E-state index is -4.14. The lowest BCUT2D eigenvalue weighted by Gasteiger charge is -2.21. The van der Waals surface area contributed by atoms with Gasteiger partial charge in [0.1, 0.15) is 16.8 Å². The van der Waals surface area contributed by atoms with Crippen molar-refractivity contribution in [2.75, 3.05) is 6.54 Å². The zero-order chi connectivity index (χ0) is 20.7. The number of carbonyl (C=O) groups is 1. The van der Waals surface area contributed by atoms with Gasteiger partial charge in [0.25, 0.3) is 0 Å². The van der Waals surface area contributed by atoms with Gasteiger partial charge in [0.15, 0.2) is 0 Å². The summed E-state index contributed by atoms with van der Waals surface area (Å²) in [7, 11) is -4.14. The molecule has 1 atom stereocenters. The molecule has 1 amide bonds. The van der Waals surface area contributed by atoms with Crippen LogP contribution in [0.1, 0.15) is 37.4 Å². The van der Waals surface area contributed by atoms with Crippen LogP contribution in [0, 0.1) is 18.7 Å².